The van der Waals surface area contributed by atoms with Crippen molar-refractivity contribution in [3.63, 3.8) is 0 Å². The van der Waals surface area contributed by atoms with Crippen molar-refractivity contribution >= 4 is 44.6 Å². The maximum Gasteiger partial charge on any atom is 0.222 e. The van der Waals surface area contributed by atoms with Gasteiger partial charge >= 0.3 is 0 Å². The van der Waals surface area contributed by atoms with Gasteiger partial charge in [-0.05, 0) is 46.3 Å². The van der Waals surface area contributed by atoms with Crippen LogP contribution in [0.3, 0.4) is 0 Å². The average Bonchev–Trinajstić information content (AvgIpc) is 3.52. The molecule has 4 aromatic rings. The first-order chi connectivity index (χ1) is 15.6. The third-order valence-electron chi connectivity index (χ3n) is 6.08. The van der Waals surface area contributed by atoms with Gasteiger partial charge in [0, 0.05) is 53.7 Å². The van der Waals surface area contributed by atoms with Gasteiger partial charge in [-0.2, -0.15) is 21.0 Å². The highest BCUT2D eigenvalue weighted by molar-refractivity contribution is 9.10. The normalized spacial score (nSPS) is 14.9. The zero-order valence-electron chi connectivity index (χ0n) is 17.7. The zero-order chi connectivity index (χ0) is 22.2. The Kier molecular flexibility index (Phi) is 5.69. The summed E-state index contributed by atoms with van der Waals surface area (Å²) in [6.07, 6.45) is 5.93. The van der Waals surface area contributed by atoms with Crippen LogP contribution in [0.15, 0.2) is 45.8 Å². The van der Waals surface area contributed by atoms with Gasteiger partial charge in [-0.1, -0.05) is 13.0 Å². The molecule has 7 nitrogen and oxygen atoms in total. The van der Waals surface area contributed by atoms with E-state index in [1.54, 1.807) is 22.0 Å². The molecule has 1 fully saturated rings. The monoisotopic (exact) mass is 510 g/mol. The first-order valence-corrected chi connectivity index (χ1v) is 12.4. The molecule has 2 N–H and O–H groups in total. The fourth-order valence-electron chi connectivity index (χ4n) is 4.25. The molecule has 0 aliphatic carbocycles. The summed E-state index contributed by atoms with van der Waals surface area (Å²) >= 11 is 5.31. The summed E-state index contributed by atoms with van der Waals surface area (Å²) in [5, 5.41) is 8.61. The highest BCUT2D eigenvalue weighted by Gasteiger charge is 2.27. The molecule has 0 saturated carbocycles. The summed E-state index contributed by atoms with van der Waals surface area (Å²) in [7, 11) is 0. The van der Waals surface area contributed by atoms with E-state index >= 15 is 0 Å². The molecule has 1 saturated heterocycles. The lowest BCUT2D eigenvalue weighted by atomic mass is 9.93. The number of fused-ring (bicyclic) bond motifs is 1. The summed E-state index contributed by atoms with van der Waals surface area (Å²) in [6.45, 7) is 3.40. The lowest BCUT2D eigenvalue weighted by Crippen LogP contribution is -2.37. The van der Waals surface area contributed by atoms with Crippen molar-refractivity contribution in [1.29, 1.82) is 0 Å². The van der Waals surface area contributed by atoms with Gasteiger partial charge in [0.25, 0.3) is 0 Å². The number of rotatable bonds is 4. The van der Waals surface area contributed by atoms with Crippen LogP contribution < -0.4 is 5.73 Å². The minimum Gasteiger partial charge on any atom is -0.383 e. The molecule has 0 radical (unpaired) electrons. The number of aromatic nitrogens is 4. The van der Waals surface area contributed by atoms with Gasteiger partial charge in [0.15, 0.2) is 5.65 Å². The Morgan fingerprint density at radius 2 is 2.03 bits per heavy atom. The van der Waals surface area contributed by atoms with E-state index in [1.165, 1.54) is 0 Å². The van der Waals surface area contributed by atoms with Crippen molar-refractivity contribution in [1.82, 2.24) is 24.5 Å². The molecule has 0 atom stereocenters. The summed E-state index contributed by atoms with van der Waals surface area (Å²) in [6, 6.07) is 6.13. The van der Waals surface area contributed by atoms with Crippen LogP contribution in [0.5, 0.6) is 0 Å². The van der Waals surface area contributed by atoms with E-state index in [-0.39, 0.29) is 11.8 Å². The number of nitrogens with two attached hydrogens (primary N) is 1. The van der Waals surface area contributed by atoms with Crippen molar-refractivity contribution in [2.75, 3.05) is 18.8 Å². The largest absolute Gasteiger partial charge is 0.383 e. The Morgan fingerprint density at radius 3 is 2.69 bits per heavy atom. The number of hydrogen-bond donors (Lipinski definition) is 1. The third-order valence-corrected chi connectivity index (χ3v) is 7.57. The topological polar surface area (TPSA) is 89.4 Å². The number of likely N-dealkylation sites (tertiary alicyclic amines) is 1. The highest BCUT2D eigenvalue weighted by Crippen LogP contribution is 2.37. The molecule has 0 unspecified atom stereocenters. The first kappa shape index (κ1) is 21.1. The Bertz CT molecular complexity index is 1260. The van der Waals surface area contributed by atoms with Gasteiger partial charge in [-0.25, -0.2) is 4.98 Å². The van der Waals surface area contributed by atoms with Gasteiger partial charge < -0.3 is 10.6 Å². The smallest absolute Gasteiger partial charge is 0.222 e. The standard InChI is InChI=1S/C23H23BrN6OS/c1-2-19(31)29-8-5-14(6-9-29)21-20(24)22(25)30-23(28-21)17(12-27-30)15-3-4-18(26-11-15)16-7-10-32-13-16/h3-4,7,10-14H,2,5-6,8-9,25H2,1H3. The maximum absolute atomic E-state index is 12.0. The van der Waals surface area contributed by atoms with Crippen LogP contribution in [0.25, 0.3) is 28.0 Å². The molecular weight excluding hydrogens is 488 g/mol. The first-order valence-electron chi connectivity index (χ1n) is 10.7. The summed E-state index contributed by atoms with van der Waals surface area (Å²) in [5.41, 5.74) is 12.0. The molecule has 164 valence electrons. The number of piperidine rings is 1. The number of thiophene rings is 1. The Morgan fingerprint density at radius 1 is 1.22 bits per heavy atom. The second kappa shape index (κ2) is 8.63. The highest BCUT2D eigenvalue weighted by atomic mass is 79.9. The number of halogens is 1. The fraction of sp³-hybridized carbons (Fsp3) is 0.304. The zero-order valence-corrected chi connectivity index (χ0v) is 20.1. The van der Waals surface area contributed by atoms with Gasteiger partial charge in [0.05, 0.1) is 22.1 Å². The van der Waals surface area contributed by atoms with Gasteiger partial charge in [-0.3, -0.25) is 9.78 Å². The minimum absolute atomic E-state index is 0.210. The predicted octanol–water partition coefficient (Wildman–Crippen LogP) is 4.98. The van der Waals surface area contributed by atoms with E-state index in [4.69, 9.17) is 10.7 Å². The average molecular weight is 511 g/mol. The molecule has 1 aliphatic heterocycles. The predicted molar refractivity (Wildman–Crippen MR) is 130 cm³/mol. The summed E-state index contributed by atoms with van der Waals surface area (Å²) in [5.74, 6) is 0.979. The number of carbonyl (C=O) groups is 1. The second-order valence-electron chi connectivity index (χ2n) is 7.94. The molecule has 32 heavy (non-hydrogen) atoms. The maximum atomic E-state index is 12.0. The lowest BCUT2D eigenvalue weighted by molar-refractivity contribution is -0.131. The number of hydrogen-bond acceptors (Lipinski definition) is 6. The molecule has 4 aromatic heterocycles. The van der Waals surface area contributed by atoms with Crippen LogP contribution >= 0.6 is 27.3 Å². The second-order valence-corrected chi connectivity index (χ2v) is 9.52. The van der Waals surface area contributed by atoms with Crippen molar-refractivity contribution < 1.29 is 4.79 Å². The lowest BCUT2D eigenvalue weighted by Gasteiger charge is -2.32. The fourth-order valence-corrected chi connectivity index (χ4v) is 5.48. The SMILES string of the molecule is CCC(=O)N1CCC(c2nc3c(-c4ccc(-c5ccsc5)nc4)cnn3c(N)c2Br)CC1. The molecule has 0 spiro atoms. The quantitative estimate of drug-likeness (QED) is 0.418. The molecule has 1 amide bonds. The van der Waals surface area contributed by atoms with Crippen LogP contribution in [-0.2, 0) is 4.79 Å². The molecular formula is C23H23BrN6OS. The minimum atomic E-state index is 0.210. The molecule has 0 aromatic carbocycles. The van der Waals surface area contributed by atoms with Gasteiger partial charge in [0.2, 0.25) is 5.91 Å². The van der Waals surface area contributed by atoms with Crippen molar-refractivity contribution in [2.24, 2.45) is 0 Å². The van der Waals surface area contributed by atoms with E-state index < -0.39 is 0 Å². The molecule has 0 bridgehead atoms. The van der Waals surface area contributed by atoms with Gasteiger partial charge in [0.1, 0.15) is 5.82 Å². The summed E-state index contributed by atoms with van der Waals surface area (Å²) in [4.78, 5) is 23.6. The van der Waals surface area contributed by atoms with Crippen molar-refractivity contribution in [2.45, 2.75) is 32.1 Å². The number of nitrogens with zero attached hydrogens (tertiary/aromatic N) is 5. The number of pyridine rings is 1. The molecule has 5 heterocycles. The molecule has 5 rings (SSSR count). The van der Waals surface area contributed by atoms with Crippen molar-refractivity contribution in [3.05, 3.63) is 51.5 Å². The van der Waals surface area contributed by atoms with E-state index in [1.807, 2.05) is 35.5 Å². The van der Waals surface area contributed by atoms with Crippen LogP contribution in [0, 0.1) is 0 Å². The van der Waals surface area contributed by atoms with E-state index in [2.05, 4.69) is 37.5 Å². The number of amides is 1. The third kappa shape index (κ3) is 3.69. The van der Waals surface area contributed by atoms with Crippen molar-refractivity contribution in [3.8, 4) is 22.4 Å². The van der Waals surface area contributed by atoms with Crippen LogP contribution in [0.4, 0.5) is 5.82 Å². The van der Waals surface area contributed by atoms with E-state index in [9.17, 15) is 4.79 Å². The van der Waals surface area contributed by atoms with E-state index in [0.29, 0.717) is 12.2 Å². The Balaban J connectivity index is 1.49. The van der Waals surface area contributed by atoms with Crippen LogP contribution in [0.2, 0.25) is 0 Å². The summed E-state index contributed by atoms with van der Waals surface area (Å²) < 4.78 is 2.46. The van der Waals surface area contributed by atoms with E-state index in [0.717, 1.165) is 64.1 Å². The number of nitrogen functional groups attached to an aromatic ring is 1. The Labute approximate surface area is 198 Å². The Hall–Kier alpha value is -2.78. The number of carbonyl (C=O) groups excluding carboxylic acids is 1. The van der Waals surface area contributed by atoms with Crippen LogP contribution in [0.1, 0.15) is 37.8 Å². The van der Waals surface area contributed by atoms with Gasteiger partial charge in [-0.15, -0.1) is 0 Å². The van der Waals surface area contributed by atoms with Crippen LogP contribution in [-0.4, -0.2) is 43.5 Å². The molecule has 9 heteroatoms. The number of anilines is 1. The molecule has 1 aliphatic rings.